The monoisotopic (exact) mass is 536 g/mol. The molecule has 196 valence electrons. The van der Waals surface area contributed by atoms with Gasteiger partial charge >= 0.3 is 6.18 Å². The second-order valence-corrected chi connectivity index (χ2v) is 8.39. The van der Waals surface area contributed by atoms with E-state index in [0.717, 1.165) is 6.07 Å². The summed E-state index contributed by atoms with van der Waals surface area (Å²) in [5.41, 5.74) is 5.15. The normalized spacial score (nSPS) is 14.9. The van der Waals surface area contributed by atoms with Gasteiger partial charge in [-0.1, -0.05) is 23.7 Å². The van der Waals surface area contributed by atoms with Crippen molar-refractivity contribution in [3.05, 3.63) is 76.6 Å². The summed E-state index contributed by atoms with van der Waals surface area (Å²) in [7, 11) is 0. The van der Waals surface area contributed by atoms with Crippen LogP contribution in [0.3, 0.4) is 0 Å². The third kappa shape index (κ3) is 8.12. The van der Waals surface area contributed by atoms with E-state index in [4.69, 9.17) is 22.1 Å². The number of nitrogens with one attached hydrogen (secondary N) is 2. The van der Waals surface area contributed by atoms with Crippen LogP contribution in [-0.2, 0) is 22.3 Å². The predicted molar refractivity (Wildman–Crippen MR) is 130 cm³/mol. The highest BCUT2D eigenvalue weighted by Crippen LogP contribution is 2.36. The Morgan fingerprint density at radius 1 is 1.16 bits per heavy atom. The number of aryl methyl sites for hydroxylation is 1. The van der Waals surface area contributed by atoms with Crippen molar-refractivity contribution in [2.75, 3.05) is 18.5 Å². The molecular formula is C24H24ClF3N6O3. The molecule has 0 bridgehead atoms. The smallest absolute Gasteiger partial charge is 0.381 e. The number of nitrogens with zero attached hydrogens (tertiary/aromatic N) is 3. The third-order valence-electron chi connectivity index (χ3n) is 5.22. The quantitative estimate of drug-likeness (QED) is 0.433. The van der Waals surface area contributed by atoms with Crippen molar-refractivity contribution >= 4 is 34.8 Å². The van der Waals surface area contributed by atoms with E-state index in [1.165, 1.54) is 42.9 Å². The van der Waals surface area contributed by atoms with Crippen LogP contribution < -0.4 is 16.4 Å². The van der Waals surface area contributed by atoms with Crippen LogP contribution >= 0.6 is 11.6 Å². The molecule has 4 rings (SSSR count). The summed E-state index contributed by atoms with van der Waals surface area (Å²) in [4.78, 5) is 34.2. The largest absolute Gasteiger partial charge is 0.418 e. The zero-order chi connectivity index (χ0) is 27.0. The molecule has 0 aliphatic carbocycles. The predicted octanol–water partition coefficient (Wildman–Crippen LogP) is 4.03. The van der Waals surface area contributed by atoms with Gasteiger partial charge in [0.2, 0.25) is 5.91 Å². The first-order chi connectivity index (χ1) is 17.5. The Balaban J connectivity index is 0.000000319. The van der Waals surface area contributed by atoms with Crippen molar-refractivity contribution in [2.24, 2.45) is 11.7 Å². The lowest BCUT2D eigenvalue weighted by Crippen LogP contribution is -2.30. The molecule has 1 aromatic carbocycles. The molecule has 0 spiro atoms. The average Bonchev–Trinajstić information content (AvgIpc) is 3.39. The van der Waals surface area contributed by atoms with Gasteiger partial charge in [0.25, 0.3) is 5.91 Å². The number of aromatic nitrogens is 3. The van der Waals surface area contributed by atoms with Crippen LogP contribution in [0.4, 0.5) is 24.5 Å². The summed E-state index contributed by atoms with van der Waals surface area (Å²) in [6.45, 7) is 2.84. The fourth-order valence-electron chi connectivity index (χ4n) is 3.24. The number of primary amides is 1. The lowest BCUT2D eigenvalue weighted by Gasteiger charge is -2.15. The summed E-state index contributed by atoms with van der Waals surface area (Å²) < 4.78 is 44.4. The van der Waals surface area contributed by atoms with Crippen molar-refractivity contribution in [3.63, 3.8) is 0 Å². The zero-order valence-corrected chi connectivity index (χ0v) is 20.4. The van der Waals surface area contributed by atoms with E-state index in [-0.39, 0.29) is 29.1 Å². The van der Waals surface area contributed by atoms with E-state index in [2.05, 4.69) is 25.6 Å². The van der Waals surface area contributed by atoms with E-state index in [1.54, 1.807) is 6.92 Å². The van der Waals surface area contributed by atoms with Gasteiger partial charge < -0.3 is 21.1 Å². The molecule has 1 saturated heterocycles. The molecule has 2 aromatic heterocycles. The van der Waals surface area contributed by atoms with E-state index in [9.17, 15) is 22.8 Å². The fraction of sp³-hybridized carbons (Fsp3) is 0.292. The number of carbonyl (C=O) groups is 2. The fourth-order valence-corrected chi connectivity index (χ4v) is 3.47. The molecule has 2 amide bonds. The molecule has 1 aliphatic heterocycles. The third-order valence-corrected chi connectivity index (χ3v) is 5.55. The SMILES string of the molecule is Cc1ncc(C(N)=O)cn1.O=C(NCc1ncc(Nc2ccccc2C(F)(F)F)cc1Cl)C1CCOC1. The van der Waals surface area contributed by atoms with Crippen molar-refractivity contribution in [1.82, 2.24) is 20.3 Å². The lowest BCUT2D eigenvalue weighted by atomic mass is 10.1. The number of nitrogens with two attached hydrogens (primary N) is 1. The van der Waals surface area contributed by atoms with Crippen molar-refractivity contribution in [2.45, 2.75) is 26.1 Å². The van der Waals surface area contributed by atoms with Crippen molar-refractivity contribution < 1.29 is 27.5 Å². The van der Waals surface area contributed by atoms with Crippen LogP contribution in [0, 0.1) is 12.8 Å². The summed E-state index contributed by atoms with van der Waals surface area (Å²) >= 11 is 6.17. The highest BCUT2D eigenvalue weighted by atomic mass is 35.5. The second-order valence-electron chi connectivity index (χ2n) is 7.98. The Morgan fingerprint density at radius 3 is 2.46 bits per heavy atom. The van der Waals surface area contributed by atoms with Crippen LogP contribution in [-0.4, -0.2) is 40.0 Å². The molecule has 1 unspecified atom stereocenters. The summed E-state index contributed by atoms with van der Waals surface area (Å²) in [6, 6.07) is 6.62. The summed E-state index contributed by atoms with van der Waals surface area (Å²) in [6.07, 6.45) is 0.387. The number of anilines is 2. The van der Waals surface area contributed by atoms with Crippen LogP contribution in [0.5, 0.6) is 0 Å². The number of halogens is 4. The molecule has 1 aliphatic rings. The summed E-state index contributed by atoms with van der Waals surface area (Å²) in [5.74, 6) is -0.180. The Labute approximate surface area is 215 Å². The Morgan fingerprint density at radius 2 is 1.86 bits per heavy atom. The van der Waals surface area contributed by atoms with Gasteiger partial charge in [0.15, 0.2) is 0 Å². The molecule has 3 heterocycles. The van der Waals surface area contributed by atoms with Gasteiger partial charge in [-0.05, 0) is 31.5 Å². The van der Waals surface area contributed by atoms with Crippen LogP contribution in [0.2, 0.25) is 5.02 Å². The molecule has 37 heavy (non-hydrogen) atoms. The minimum atomic E-state index is -4.48. The Bertz CT molecular complexity index is 1240. The molecule has 1 atom stereocenters. The van der Waals surface area contributed by atoms with Crippen LogP contribution in [0.25, 0.3) is 0 Å². The van der Waals surface area contributed by atoms with Crippen LogP contribution in [0.1, 0.15) is 33.9 Å². The minimum absolute atomic E-state index is 0.0925. The highest BCUT2D eigenvalue weighted by Gasteiger charge is 2.33. The first kappa shape index (κ1) is 27.8. The zero-order valence-electron chi connectivity index (χ0n) is 19.7. The molecule has 3 aromatic rings. The van der Waals surface area contributed by atoms with Crippen LogP contribution in [0.15, 0.2) is 48.9 Å². The number of benzene rings is 1. The molecule has 1 fully saturated rings. The van der Waals surface area contributed by atoms with Gasteiger partial charge in [-0.3, -0.25) is 14.6 Å². The standard InChI is InChI=1S/C18H17ClF3N3O2.C6H7N3O/c19-14-7-12(25-15-4-2-1-3-13(15)18(20,21)22)8-23-16(14)9-24-17(26)11-5-6-27-10-11;1-4-8-2-5(3-9-4)6(7)10/h1-4,7-8,11,25H,5-6,9-10H2,(H,24,26);2-3H,1H3,(H2,7,10). The van der Waals surface area contributed by atoms with Crippen molar-refractivity contribution in [3.8, 4) is 0 Å². The number of pyridine rings is 1. The van der Waals surface area contributed by atoms with Gasteiger partial charge in [-0.15, -0.1) is 0 Å². The first-order valence-corrected chi connectivity index (χ1v) is 11.4. The Kier molecular flexibility index (Phi) is 9.36. The van der Waals surface area contributed by atoms with Gasteiger partial charge in [-0.2, -0.15) is 13.2 Å². The number of alkyl halides is 3. The minimum Gasteiger partial charge on any atom is -0.381 e. The second kappa shape index (κ2) is 12.5. The molecule has 0 radical (unpaired) electrons. The number of hydrogen-bond donors (Lipinski definition) is 3. The number of ether oxygens (including phenoxy) is 1. The van der Waals surface area contributed by atoms with E-state index >= 15 is 0 Å². The van der Waals surface area contributed by atoms with Gasteiger partial charge in [-0.25, -0.2) is 9.97 Å². The van der Waals surface area contributed by atoms with E-state index in [1.807, 2.05) is 0 Å². The number of hydrogen-bond acceptors (Lipinski definition) is 7. The number of para-hydroxylation sites is 1. The maximum Gasteiger partial charge on any atom is 0.418 e. The maximum absolute atomic E-state index is 13.1. The molecule has 13 heteroatoms. The van der Waals surface area contributed by atoms with E-state index in [0.29, 0.717) is 42.4 Å². The molecule has 4 N–H and O–H groups in total. The number of rotatable bonds is 6. The van der Waals surface area contributed by atoms with Crippen molar-refractivity contribution in [1.29, 1.82) is 0 Å². The molecule has 9 nitrogen and oxygen atoms in total. The topological polar surface area (TPSA) is 132 Å². The molecule has 0 saturated carbocycles. The van der Waals surface area contributed by atoms with E-state index < -0.39 is 17.6 Å². The Hall–Kier alpha value is -3.77. The highest BCUT2D eigenvalue weighted by molar-refractivity contribution is 6.31. The van der Waals surface area contributed by atoms with Gasteiger partial charge in [0, 0.05) is 19.0 Å². The first-order valence-electron chi connectivity index (χ1n) is 11.1. The van der Waals surface area contributed by atoms with Gasteiger partial charge in [0.05, 0.1) is 58.5 Å². The number of carbonyl (C=O) groups excluding carboxylic acids is 2. The maximum atomic E-state index is 13.1. The average molecular weight is 537 g/mol. The number of amides is 2. The lowest BCUT2D eigenvalue weighted by molar-refractivity contribution is -0.137. The summed E-state index contributed by atoms with van der Waals surface area (Å²) in [5, 5.41) is 5.67. The van der Waals surface area contributed by atoms with Gasteiger partial charge in [0.1, 0.15) is 5.82 Å². The molecular weight excluding hydrogens is 513 g/mol.